The number of aryl methyl sites for hydroxylation is 1. The fraction of sp³-hybridized carbons (Fsp3) is 0.238. The highest BCUT2D eigenvalue weighted by molar-refractivity contribution is 5.99. The van der Waals surface area contributed by atoms with Crippen LogP contribution in [0.2, 0.25) is 0 Å². The van der Waals surface area contributed by atoms with E-state index in [2.05, 4.69) is 20.2 Å². The molecule has 2 heterocycles. The highest BCUT2D eigenvalue weighted by Crippen LogP contribution is 2.31. The number of benzene rings is 2. The summed E-state index contributed by atoms with van der Waals surface area (Å²) in [5, 5.41) is 4.49. The van der Waals surface area contributed by atoms with E-state index in [4.69, 9.17) is 0 Å². The fourth-order valence-electron chi connectivity index (χ4n) is 3.38. The molecule has 4 rings (SSSR count). The van der Waals surface area contributed by atoms with Crippen LogP contribution in [0.25, 0.3) is 33.3 Å². The van der Waals surface area contributed by atoms with E-state index in [9.17, 15) is 4.79 Å². The van der Waals surface area contributed by atoms with Gasteiger partial charge in [0, 0.05) is 25.5 Å². The van der Waals surface area contributed by atoms with Crippen molar-refractivity contribution >= 4 is 27.6 Å². The van der Waals surface area contributed by atoms with Gasteiger partial charge in [0.1, 0.15) is 11.4 Å². The molecule has 0 atom stereocenters. The Balaban J connectivity index is 1.97. The van der Waals surface area contributed by atoms with Crippen LogP contribution < -0.4 is 10.9 Å². The van der Waals surface area contributed by atoms with Crippen molar-refractivity contribution in [3.8, 4) is 11.4 Å². The lowest BCUT2D eigenvalue weighted by atomic mass is 10.1. The number of likely N-dealkylation sites (N-methyl/N-ethyl adjacent to an activating group) is 1. The number of nitrogens with zero attached hydrogens (tertiary/aromatic N) is 3. The molecule has 0 aliphatic carbocycles. The van der Waals surface area contributed by atoms with E-state index in [1.54, 1.807) is 11.6 Å². The summed E-state index contributed by atoms with van der Waals surface area (Å²) in [4.78, 5) is 23.3. The van der Waals surface area contributed by atoms with Gasteiger partial charge in [0.05, 0.1) is 22.2 Å². The summed E-state index contributed by atoms with van der Waals surface area (Å²) in [5.41, 5.74) is 4.00. The number of hydrogen-bond donors (Lipinski definition) is 2. The number of aromatic amines is 1. The van der Waals surface area contributed by atoms with Gasteiger partial charge in [-0.2, -0.15) is 0 Å². The van der Waals surface area contributed by atoms with Gasteiger partial charge in [-0.25, -0.2) is 4.98 Å². The summed E-state index contributed by atoms with van der Waals surface area (Å²) in [7, 11) is 5.87. The Morgan fingerprint density at radius 2 is 1.85 bits per heavy atom. The Hall–Kier alpha value is -3.12. The van der Waals surface area contributed by atoms with Crippen LogP contribution >= 0.6 is 0 Å². The van der Waals surface area contributed by atoms with Crippen LogP contribution in [0, 0.1) is 0 Å². The fourth-order valence-corrected chi connectivity index (χ4v) is 3.38. The average molecular weight is 361 g/mol. The van der Waals surface area contributed by atoms with Crippen molar-refractivity contribution in [2.75, 3.05) is 32.5 Å². The minimum absolute atomic E-state index is 0.0693. The molecule has 0 radical (unpaired) electrons. The smallest absolute Gasteiger partial charge is 0.263 e. The molecule has 6 nitrogen and oxygen atoms in total. The minimum atomic E-state index is -0.0693. The second-order valence-electron chi connectivity index (χ2n) is 6.96. The second-order valence-corrected chi connectivity index (χ2v) is 6.96. The molecule has 27 heavy (non-hydrogen) atoms. The van der Waals surface area contributed by atoms with Crippen molar-refractivity contribution in [3.05, 3.63) is 58.9 Å². The van der Waals surface area contributed by atoms with Gasteiger partial charge >= 0.3 is 0 Å². The predicted octanol–water partition coefficient (Wildman–Crippen LogP) is 3.06. The van der Waals surface area contributed by atoms with Crippen molar-refractivity contribution in [3.63, 3.8) is 0 Å². The second kappa shape index (κ2) is 6.89. The lowest BCUT2D eigenvalue weighted by molar-refractivity contribution is 0.425. The monoisotopic (exact) mass is 361 g/mol. The Kier molecular flexibility index (Phi) is 4.41. The number of nitrogens with one attached hydrogen (secondary N) is 2. The first-order valence-corrected chi connectivity index (χ1v) is 9.01. The summed E-state index contributed by atoms with van der Waals surface area (Å²) < 4.78 is 1.69. The van der Waals surface area contributed by atoms with E-state index in [1.165, 1.54) is 0 Å². The number of para-hydroxylation sites is 3. The SMILES string of the molecule is CN(C)CCNc1c(-c2nc3ccccc3[nH]2)c(=O)n(C)c2ccccc12. The maximum absolute atomic E-state index is 13.2. The Labute approximate surface area is 157 Å². The van der Waals surface area contributed by atoms with Crippen LogP contribution in [0.1, 0.15) is 0 Å². The van der Waals surface area contributed by atoms with Crippen molar-refractivity contribution in [1.82, 2.24) is 19.4 Å². The number of rotatable bonds is 5. The number of H-pyrrole nitrogens is 1. The molecule has 0 aliphatic heterocycles. The summed E-state index contributed by atoms with van der Waals surface area (Å²) >= 11 is 0. The van der Waals surface area contributed by atoms with Gasteiger partial charge in [-0.05, 0) is 32.3 Å². The molecule has 0 fully saturated rings. The van der Waals surface area contributed by atoms with Gasteiger partial charge in [-0.15, -0.1) is 0 Å². The maximum atomic E-state index is 13.2. The van der Waals surface area contributed by atoms with Crippen LogP contribution in [-0.2, 0) is 7.05 Å². The van der Waals surface area contributed by atoms with Crippen molar-refractivity contribution in [2.45, 2.75) is 0 Å². The van der Waals surface area contributed by atoms with Crippen LogP contribution in [0.5, 0.6) is 0 Å². The predicted molar refractivity (Wildman–Crippen MR) is 111 cm³/mol. The first kappa shape index (κ1) is 17.3. The van der Waals surface area contributed by atoms with E-state index in [0.29, 0.717) is 11.4 Å². The molecule has 2 aromatic carbocycles. The lowest BCUT2D eigenvalue weighted by Gasteiger charge is -2.17. The first-order chi connectivity index (χ1) is 13.1. The lowest BCUT2D eigenvalue weighted by Crippen LogP contribution is -2.25. The zero-order chi connectivity index (χ0) is 19.0. The highest BCUT2D eigenvalue weighted by Gasteiger charge is 2.19. The summed E-state index contributed by atoms with van der Waals surface area (Å²) in [6, 6.07) is 15.8. The van der Waals surface area contributed by atoms with Gasteiger partial charge in [0.2, 0.25) is 0 Å². The highest BCUT2D eigenvalue weighted by atomic mass is 16.1. The molecule has 0 saturated carbocycles. The molecule has 0 aliphatic rings. The Bertz CT molecular complexity index is 1140. The number of anilines is 1. The van der Waals surface area contributed by atoms with Crippen molar-refractivity contribution < 1.29 is 0 Å². The molecule has 0 unspecified atom stereocenters. The van der Waals surface area contributed by atoms with E-state index in [-0.39, 0.29) is 5.56 Å². The number of aromatic nitrogens is 3. The van der Waals surface area contributed by atoms with Crippen LogP contribution in [-0.4, -0.2) is 46.6 Å². The van der Waals surface area contributed by atoms with Crippen molar-refractivity contribution in [2.24, 2.45) is 7.05 Å². The van der Waals surface area contributed by atoms with E-state index in [1.807, 2.05) is 62.6 Å². The van der Waals surface area contributed by atoms with Crippen LogP contribution in [0.4, 0.5) is 5.69 Å². The quantitative estimate of drug-likeness (QED) is 0.573. The molecule has 0 spiro atoms. The van der Waals surface area contributed by atoms with E-state index < -0.39 is 0 Å². The summed E-state index contributed by atoms with van der Waals surface area (Å²) in [6.07, 6.45) is 0. The van der Waals surface area contributed by atoms with Gasteiger partial charge in [-0.1, -0.05) is 30.3 Å². The summed E-state index contributed by atoms with van der Waals surface area (Å²) in [5.74, 6) is 0.593. The van der Waals surface area contributed by atoms with Gasteiger partial charge < -0.3 is 19.8 Å². The third-order valence-corrected chi connectivity index (χ3v) is 4.79. The summed E-state index contributed by atoms with van der Waals surface area (Å²) in [6.45, 7) is 1.60. The van der Waals surface area contributed by atoms with Crippen molar-refractivity contribution in [1.29, 1.82) is 0 Å². The molecule has 2 N–H and O–H groups in total. The molecule has 0 bridgehead atoms. The average Bonchev–Trinajstić information content (AvgIpc) is 3.09. The molecule has 6 heteroatoms. The zero-order valence-electron chi connectivity index (χ0n) is 15.8. The molecule has 4 aromatic rings. The Morgan fingerprint density at radius 1 is 1.11 bits per heavy atom. The van der Waals surface area contributed by atoms with Gasteiger partial charge in [-0.3, -0.25) is 4.79 Å². The molecule has 138 valence electrons. The number of pyridine rings is 1. The third kappa shape index (κ3) is 3.08. The van der Waals surface area contributed by atoms with Gasteiger partial charge in [0.25, 0.3) is 5.56 Å². The minimum Gasteiger partial charge on any atom is -0.382 e. The topological polar surface area (TPSA) is 66.0 Å². The normalized spacial score (nSPS) is 11.6. The largest absolute Gasteiger partial charge is 0.382 e. The van der Waals surface area contributed by atoms with E-state index in [0.717, 1.165) is 40.7 Å². The van der Waals surface area contributed by atoms with E-state index >= 15 is 0 Å². The first-order valence-electron chi connectivity index (χ1n) is 9.01. The van der Waals surface area contributed by atoms with Crippen LogP contribution in [0.15, 0.2) is 53.3 Å². The third-order valence-electron chi connectivity index (χ3n) is 4.79. The molecular formula is C21H23N5O. The number of imidazole rings is 1. The maximum Gasteiger partial charge on any atom is 0.263 e. The standard InChI is InChI=1S/C21H23N5O/c1-25(2)13-12-22-19-14-8-4-7-11-17(14)26(3)21(27)18(19)20-23-15-9-5-6-10-16(15)24-20/h4-11,22H,12-13H2,1-3H3,(H,23,24). The molecule has 2 aromatic heterocycles. The number of hydrogen-bond acceptors (Lipinski definition) is 4. The number of fused-ring (bicyclic) bond motifs is 2. The zero-order valence-corrected chi connectivity index (χ0v) is 15.8. The van der Waals surface area contributed by atoms with Crippen LogP contribution in [0.3, 0.4) is 0 Å². The molecule has 0 saturated heterocycles. The molecule has 0 amide bonds. The van der Waals surface area contributed by atoms with Gasteiger partial charge in [0.15, 0.2) is 0 Å². The Morgan fingerprint density at radius 3 is 2.63 bits per heavy atom. The molecular weight excluding hydrogens is 338 g/mol.